The first-order chi connectivity index (χ1) is 13.4. The van der Waals surface area contributed by atoms with Crippen LogP contribution in [0, 0.1) is 15.9 Å². The van der Waals surface area contributed by atoms with E-state index in [1.54, 1.807) is 12.1 Å². The van der Waals surface area contributed by atoms with E-state index in [-0.39, 0.29) is 29.7 Å². The number of nitro benzene ring substituents is 1. The van der Waals surface area contributed by atoms with Gasteiger partial charge in [0, 0.05) is 36.5 Å². The molecule has 0 radical (unpaired) electrons. The minimum Gasteiger partial charge on any atom is -0.385 e. The van der Waals surface area contributed by atoms with Crippen LogP contribution in [-0.2, 0) is 9.59 Å². The van der Waals surface area contributed by atoms with Crippen LogP contribution in [0.4, 0.5) is 21.5 Å². The quantitative estimate of drug-likeness (QED) is 0.314. The van der Waals surface area contributed by atoms with Crippen molar-refractivity contribution < 1.29 is 18.9 Å². The lowest BCUT2D eigenvalue weighted by atomic mass is 10.1. The molecule has 1 aliphatic rings. The summed E-state index contributed by atoms with van der Waals surface area (Å²) in [5, 5.41) is 16.4. The van der Waals surface area contributed by atoms with Crippen LogP contribution in [0.5, 0.6) is 0 Å². The fraction of sp³-hybridized carbons (Fsp3) is 0.263. The van der Waals surface area contributed by atoms with Gasteiger partial charge in [-0.1, -0.05) is 0 Å². The Morgan fingerprint density at radius 2 is 1.86 bits per heavy atom. The van der Waals surface area contributed by atoms with Gasteiger partial charge < -0.3 is 15.5 Å². The molecule has 0 saturated carbocycles. The molecule has 0 bridgehead atoms. The van der Waals surface area contributed by atoms with Crippen LogP contribution in [-0.4, -0.2) is 35.9 Å². The van der Waals surface area contributed by atoms with Gasteiger partial charge in [-0.2, -0.15) is 0 Å². The normalized spacial score (nSPS) is 15.7. The van der Waals surface area contributed by atoms with E-state index in [1.807, 2.05) is 0 Å². The summed E-state index contributed by atoms with van der Waals surface area (Å²) in [6.45, 7) is 0.878. The number of non-ortho nitro benzene ring substituents is 1. The number of nitro groups is 1. The number of nitrogens with zero attached hydrogens (tertiary/aromatic N) is 2. The van der Waals surface area contributed by atoms with Crippen molar-refractivity contribution in [1.82, 2.24) is 5.32 Å². The van der Waals surface area contributed by atoms with Crippen LogP contribution in [0.25, 0.3) is 0 Å². The number of amides is 2. The summed E-state index contributed by atoms with van der Waals surface area (Å²) in [5.41, 5.74) is 1.35. The van der Waals surface area contributed by atoms with Gasteiger partial charge in [-0.25, -0.2) is 4.39 Å². The second-order valence-corrected chi connectivity index (χ2v) is 6.38. The fourth-order valence-electron chi connectivity index (χ4n) is 2.84. The molecule has 0 spiro atoms. The van der Waals surface area contributed by atoms with Gasteiger partial charge >= 0.3 is 0 Å². The van der Waals surface area contributed by atoms with Gasteiger partial charge in [0.1, 0.15) is 11.9 Å². The zero-order chi connectivity index (χ0) is 20.1. The molecule has 1 saturated heterocycles. The van der Waals surface area contributed by atoms with Gasteiger partial charge in [-0.15, -0.1) is 0 Å². The van der Waals surface area contributed by atoms with Crippen LogP contribution in [0.1, 0.15) is 12.8 Å². The van der Waals surface area contributed by atoms with E-state index in [1.165, 1.54) is 41.3 Å². The third-order valence-electron chi connectivity index (χ3n) is 4.39. The monoisotopic (exact) mass is 386 g/mol. The Kier molecular flexibility index (Phi) is 5.83. The molecule has 0 aromatic heterocycles. The highest BCUT2D eigenvalue weighted by Crippen LogP contribution is 2.22. The number of benzene rings is 2. The second kappa shape index (κ2) is 8.47. The first-order valence-corrected chi connectivity index (χ1v) is 8.78. The molecule has 2 aromatic carbocycles. The second-order valence-electron chi connectivity index (χ2n) is 6.38. The SMILES string of the molecule is O=C(CCCNc1ccc([N+](=O)[O-])cc1)N[C@H]1CN(c2ccc(F)cc2)C1=O. The number of rotatable bonds is 8. The highest BCUT2D eigenvalue weighted by Gasteiger charge is 2.38. The molecule has 8 nitrogen and oxygen atoms in total. The van der Waals surface area contributed by atoms with E-state index in [0.29, 0.717) is 25.2 Å². The number of hydrogen-bond acceptors (Lipinski definition) is 5. The minimum atomic E-state index is -0.555. The maximum atomic E-state index is 12.9. The van der Waals surface area contributed by atoms with Gasteiger partial charge in [0.25, 0.3) is 11.6 Å². The molecular weight excluding hydrogens is 367 g/mol. The summed E-state index contributed by atoms with van der Waals surface area (Å²) >= 11 is 0. The zero-order valence-electron chi connectivity index (χ0n) is 14.9. The van der Waals surface area contributed by atoms with Crippen molar-refractivity contribution in [2.75, 3.05) is 23.3 Å². The Labute approximate surface area is 160 Å². The van der Waals surface area contributed by atoms with Crippen molar-refractivity contribution in [2.24, 2.45) is 0 Å². The Morgan fingerprint density at radius 1 is 1.18 bits per heavy atom. The molecule has 0 aliphatic carbocycles. The summed E-state index contributed by atoms with van der Waals surface area (Å²) in [4.78, 5) is 35.7. The molecule has 2 N–H and O–H groups in total. The lowest BCUT2D eigenvalue weighted by molar-refractivity contribution is -0.384. The van der Waals surface area contributed by atoms with E-state index in [0.717, 1.165) is 5.69 Å². The highest BCUT2D eigenvalue weighted by atomic mass is 19.1. The first-order valence-electron chi connectivity index (χ1n) is 8.78. The molecule has 146 valence electrons. The molecule has 3 rings (SSSR count). The molecule has 9 heteroatoms. The molecule has 28 heavy (non-hydrogen) atoms. The molecule has 1 fully saturated rings. The molecule has 1 heterocycles. The van der Waals surface area contributed by atoms with Crippen molar-refractivity contribution in [3.05, 3.63) is 64.5 Å². The average Bonchev–Trinajstić information content (AvgIpc) is 2.69. The van der Waals surface area contributed by atoms with Crippen molar-refractivity contribution in [3.8, 4) is 0 Å². The first kappa shape index (κ1) is 19.3. The Morgan fingerprint density at radius 3 is 2.46 bits per heavy atom. The molecule has 2 aromatic rings. The van der Waals surface area contributed by atoms with Crippen LogP contribution in [0.15, 0.2) is 48.5 Å². The Bertz CT molecular complexity index is 871. The third-order valence-corrected chi connectivity index (χ3v) is 4.39. The lowest BCUT2D eigenvalue weighted by Gasteiger charge is -2.38. The molecule has 1 atom stereocenters. The van der Waals surface area contributed by atoms with Crippen LogP contribution < -0.4 is 15.5 Å². The Hall–Kier alpha value is -3.49. The number of carbonyl (C=O) groups excluding carboxylic acids is 2. The Balaban J connectivity index is 1.35. The summed E-state index contributed by atoms with van der Waals surface area (Å²) in [6, 6.07) is 11.1. The van der Waals surface area contributed by atoms with Gasteiger partial charge in [0.05, 0.1) is 11.5 Å². The van der Waals surface area contributed by atoms with Crippen LogP contribution in [0.3, 0.4) is 0 Å². The van der Waals surface area contributed by atoms with E-state index >= 15 is 0 Å². The minimum absolute atomic E-state index is 0.0183. The highest BCUT2D eigenvalue weighted by molar-refractivity contribution is 6.05. The van der Waals surface area contributed by atoms with Crippen molar-refractivity contribution in [2.45, 2.75) is 18.9 Å². The molecule has 0 unspecified atom stereocenters. The zero-order valence-corrected chi connectivity index (χ0v) is 14.9. The smallest absolute Gasteiger partial charge is 0.269 e. The molecule has 1 aliphatic heterocycles. The van der Waals surface area contributed by atoms with E-state index < -0.39 is 11.0 Å². The van der Waals surface area contributed by atoms with Crippen molar-refractivity contribution in [1.29, 1.82) is 0 Å². The van der Waals surface area contributed by atoms with E-state index in [2.05, 4.69) is 10.6 Å². The van der Waals surface area contributed by atoms with Gasteiger partial charge in [0.2, 0.25) is 5.91 Å². The standard InChI is InChI=1S/C19H19FN4O4/c20-13-3-7-15(8-4-13)23-12-17(19(23)26)22-18(25)2-1-11-21-14-5-9-16(10-6-14)24(27)28/h3-10,17,21H,1-2,11-12H2,(H,22,25)/t17-/m0/s1. The number of halogens is 1. The largest absolute Gasteiger partial charge is 0.385 e. The van der Waals surface area contributed by atoms with Crippen LogP contribution in [0.2, 0.25) is 0 Å². The van der Waals surface area contributed by atoms with Gasteiger partial charge in [-0.05, 0) is 42.8 Å². The number of nitrogens with one attached hydrogen (secondary N) is 2. The van der Waals surface area contributed by atoms with E-state index in [4.69, 9.17) is 0 Å². The summed E-state index contributed by atoms with van der Waals surface area (Å²) in [6.07, 6.45) is 0.797. The van der Waals surface area contributed by atoms with Crippen molar-refractivity contribution in [3.63, 3.8) is 0 Å². The van der Waals surface area contributed by atoms with Gasteiger partial charge in [0.15, 0.2) is 0 Å². The number of anilines is 2. The lowest BCUT2D eigenvalue weighted by Crippen LogP contribution is -2.64. The summed E-state index contributed by atoms with van der Waals surface area (Å²) in [7, 11) is 0. The maximum Gasteiger partial charge on any atom is 0.269 e. The number of carbonyl (C=O) groups is 2. The predicted octanol–water partition coefficient (Wildman–Crippen LogP) is 2.46. The van der Waals surface area contributed by atoms with Gasteiger partial charge in [-0.3, -0.25) is 19.7 Å². The fourth-order valence-corrected chi connectivity index (χ4v) is 2.84. The maximum absolute atomic E-state index is 12.9. The number of β-lactam (4-membered cyclic amide) rings is 1. The summed E-state index contributed by atoms with van der Waals surface area (Å²) in [5.74, 6) is -0.810. The summed E-state index contributed by atoms with van der Waals surface area (Å²) < 4.78 is 12.9. The number of hydrogen-bond donors (Lipinski definition) is 2. The third kappa shape index (κ3) is 4.61. The molecular formula is C19H19FN4O4. The van der Waals surface area contributed by atoms with Crippen molar-refractivity contribution >= 4 is 28.9 Å². The predicted molar refractivity (Wildman–Crippen MR) is 102 cm³/mol. The van der Waals surface area contributed by atoms with Crippen LogP contribution >= 0.6 is 0 Å². The molecule has 2 amide bonds. The topological polar surface area (TPSA) is 105 Å². The average molecular weight is 386 g/mol. The van der Waals surface area contributed by atoms with E-state index in [9.17, 15) is 24.1 Å².